The summed E-state index contributed by atoms with van der Waals surface area (Å²) in [6.45, 7) is 5.39. The number of hydrogen-bond donors (Lipinski definition) is 0. The van der Waals surface area contributed by atoms with Gasteiger partial charge in [-0.15, -0.1) is 11.8 Å². The van der Waals surface area contributed by atoms with Crippen LogP contribution < -0.4 is 4.80 Å². The normalized spacial score (nSPS) is 13.9. The van der Waals surface area contributed by atoms with Gasteiger partial charge >= 0.3 is 18.0 Å². The molecule has 0 radical (unpaired) electrons. The number of ether oxygens (including phenoxy) is 3. The molecule has 1 fully saturated rings. The van der Waals surface area contributed by atoms with E-state index in [2.05, 4.69) is 4.99 Å². The van der Waals surface area contributed by atoms with E-state index in [9.17, 15) is 24.0 Å². The zero-order valence-corrected chi connectivity index (χ0v) is 23.1. The van der Waals surface area contributed by atoms with Crippen molar-refractivity contribution in [2.24, 2.45) is 4.99 Å². The summed E-state index contributed by atoms with van der Waals surface area (Å²) in [5, 5.41) is 0. The van der Waals surface area contributed by atoms with Crippen LogP contribution in [0.15, 0.2) is 23.2 Å². The van der Waals surface area contributed by atoms with Crippen molar-refractivity contribution < 1.29 is 38.2 Å². The van der Waals surface area contributed by atoms with Crippen LogP contribution in [0.3, 0.4) is 0 Å². The van der Waals surface area contributed by atoms with Gasteiger partial charge in [0.2, 0.25) is 5.91 Å². The minimum Gasteiger partial charge on any atom is -0.465 e. The fourth-order valence-corrected chi connectivity index (χ4v) is 5.49. The maximum absolute atomic E-state index is 12.6. The van der Waals surface area contributed by atoms with Gasteiger partial charge in [0.1, 0.15) is 6.54 Å². The molecule has 1 saturated heterocycles. The first-order valence-electron chi connectivity index (χ1n) is 12.0. The summed E-state index contributed by atoms with van der Waals surface area (Å²) in [5.41, 5.74) is 0.951. The van der Waals surface area contributed by atoms with Gasteiger partial charge in [0, 0.05) is 26.2 Å². The quantitative estimate of drug-likeness (QED) is 0.327. The molecule has 1 aliphatic rings. The molecular formula is C24H30N4O8S2. The maximum atomic E-state index is 12.6. The lowest BCUT2D eigenvalue weighted by atomic mass is 10.2. The molecule has 1 aromatic heterocycles. The summed E-state index contributed by atoms with van der Waals surface area (Å²) in [7, 11) is 1.28. The van der Waals surface area contributed by atoms with Gasteiger partial charge in [0.05, 0.1) is 47.6 Å². The number of methoxy groups -OCH3 is 1. The first-order valence-corrected chi connectivity index (χ1v) is 14.0. The SMILES string of the molecule is CCOC(=O)Cn1c(=NC(=O)CSCC(=O)N2CCN(C(=O)OCC)CC2)sc2cc(C(=O)OC)ccc21. The standard InChI is InChI=1S/C24H30N4O8S2/c1-4-35-21(31)13-28-17-7-6-16(22(32)34-3)12-18(17)38-23(28)25-19(29)14-37-15-20(30)26-8-10-27(11-9-26)24(33)36-5-2/h6-7,12H,4-5,8-11,13-15H2,1-3H3. The summed E-state index contributed by atoms with van der Waals surface area (Å²) in [5.74, 6) is -1.52. The molecule has 0 spiro atoms. The Morgan fingerprint density at radius 2 is 1.66 bits per heavy atom. The van der Waals surface area contributed by atoms with E-state index in [1.54, 1.807) is 46.4 Å². The molecule has 0 unspecified atom stereocenters. The molecule has 3 rings (SSSR count). The van der Waals surface area contributed by atoms with Crippen molar-refractivity contribution in [3.63, 3.8) is 0 Å². The number of hydrogen-bond acceptors (Lipinski definition) is 10. The van der Waals surface area contributed by atoms with E-state index in [4.69, 9.17) is 14.2 Å². The molecule has 38 heavy (non-hydrogen) atoms. The van der Waals surface area contributed by atoms with Crippen molar-refractivity contribution in [3.05, 3.63) is 28.6 Å². The van der Waals surface area contributed by atoms with Crippen LogP contribution in [0.1, 0.15) is 24.2 Å². The summed E-state index contributed by atoms with van der Waals surface area (Å²) in [6, 6.07) is 4.85. The number of rotatable bonds is 9. The molecule has 12 nitrogen and oxygen atoms in total. The average molecular weight is 567 g/mol. The summed E-state index contributed by atoms with van der Waals surface area (Å²) >= 11 is 2.30. The zero-order chi connectivity index (χ0) is 27.7. The number of esters is 2. The van der Waals surface area contributed by atoms with Gasteiger partial charge < -0.3 is 28.6 Å². The molecule has 1 aromatic carbocycles. The van der Waals surface area contributed by atoms with E-state index in [0.717, 1.165) is 23.1 Å². The number of carbonyl (C=O) groups is 5. The molecule has 0 N–H and O–H groups in total. The predicted octanol–water partition coefficient (Wildman–Crippen LogP) is 1.51. The van der Waals surface area contributed by atoms with Crippen LogP contribution in [0.4, 0.5) is 4.79 Å². The monoisotopic (exact) mass is 566 g/mol. The third-order valence-corrected chi connectivity index (χ3v) is 7.47. The number of aromatic nitrogens is 1. The van der Waals surface area contributed by atoms with Crippen LogP contribution in [0.25, 0.3) is 10.2 Å². The number of carbonyl (C=O) groups excluding carboxylic acids is 5. The van der Waals surface area contributed by atoms with Crippen LogP contribution in [-0.4, -0.2) is 102 Å². The highest BCUT2D eigenvalue weighted by Gasteiger charge is 2.24. The number of fused-ring (bicyclic) bond motifs is 1. The second-order valence-electron chi connectivity index (χ2n) is 8.01. The summed E-state index contributed by atoms with van der Waals surface area (Å²) < 4.78 is 17.0. The lowest BCUT2D eigenvalue weighted by Crippen LogP contribution is -2.51. The third-order valence-electron chi connectivity index (χ3n) is 5.53. The van der Waals surface area contributed by atoms with Gasteiger partial charge in [0.25, 0.3) is 5.91 Å². The molecule has 0 aliphatic carbocycles. The van der Waals surface area contributed by atoms with E-state index in [1.807, 2.05) is 0 Å². The van der Waals surface area contributed by atoms with Crippen molar-refractivity contribution in [1.82, 2.24) is 14.4 Å². The van der Waals surface area contributed by atoms with Crippen molar-refractivity contribution in [1.29, 1.82) is 0 Å². The van der Waals surface area contributed by atoms with Gasteiger partial charge in [-0.25, -0.2) is 9.59 Å². The Morgan fingerprint density at radius 3 is 2.32 bits per heavy atom. The van der Waals surface area contributed by atoms with Crippen LogP contribution in [0.2, 0.25) is 0 Å². The van der Waals surface area contributed by atoms with Gasteiger partial charge in [-0.1, -0.05) is 11.3 Å². The Labute approximate surface area is 227 Å². The van der Waals surface area contributed by atoms with E-state index in [-0.39, 0.29) is 41.5 Å². The fraction of sp³-hybridized carbons (Fsp3) is 0.500. The van der Waals surface area contributed by atoms with Crippen molar-refractivity contribution in [3.8, 4) is 0 Å². The molecule has 206 valence electrons. The second kappa shape index (κ2) is 14.0. The Kier molecular flexibility index (Phi) is 10.7. The van der Waals surface area contributed by atoms with Crippen molar-refractivity contribution in [2.75, 3.05) is 58.0 Å². The highest BCUT2D eigenvalue weighted by molar-refractivity contribution is 8.00. The van der Waals surface area contributed by atoms with Crippen LogP contribution >= 0.6 is 23.1 Å². The third kappa shape index (κ3) is 7.57. The first kappa shape index (κ1) is 29.2. The van der Waals surface area contributed by atoms with Gasteiger partial charge in [-0.2, -0.15) is 4.99 Å². The first-order chi connectivity index (χ1) is 18.3. The number of piperazine rings is 1. The summed E-state index contributed by atoms with van der Waals surface area (Å²) in [6.07, 6.45) is -0.385. The number of thioether (sulfide) groups is 1. The Balaban J connectivity index is 1.65. The van der Waals surface area contributed by atoms with E-state index < -0.39 is 17.8 Å². The number of benzene rings is 1. The predicted molar refractivity (Wildman–Crippen MR) is 141 cm³/mol. The molecule has 3 amide bonds. The maximum Gasteiger partial charge on any atom is 0.409 e. The molecule has 1 aliphatic heterocycles. The van der Waals surface area contributed by atoms with Crippen molar-refractivity contribution >= 4 is 63.2 Å². The molecule has 0 bridgehead atoms. The zero-order valence-electron chi connectivity index (χ0n) is 21.5. The highest BCUT2D eigenvalue weighted by Crippen LogP contribution is 2.20. The van der Waals surface area contributed by atoms with Gasteiger partial charge in [0.15, 0.2) is 4.80 Å². The van der Waals surface area contributed by atoms with Crippen LogP contribution in [0.5, 0.6) is 0 Å². The molecule has 2 aromatic rings. The number of amides is 3. The lowest BCUT2D eigenvalue weighted by molar-refractivity contribution is -0.143. The van der Waals surface area contributed by atoms with E-state index in [1.165, 1.54) is 7.11 Å². The van der Waals surface area contributed by atoms with Gasteiger partial charge in [-0.3, -0.25) is 14.4 Å². The Hall–Kier alpha value is -3.39. The number of thiazole rings is 1. The van der Waals surface area contributed by atoms with Crippen LogP contribution in [0, 0.1) is 0 Å². The average Bonchev–Trinajstić information content (AvgIpc) is 3.23. The van der Waals surface area contributed by atoms with E-state index >= 15 is 0 Å². The molecule has 14 heteroatoms. The van der Waals surface area contributed by atoms with E-state index in [0.29, 0.717) is 48.6 Å². The van der Waals surface area contributed by atoms with Gasteiger partial charge in [-0.05, 0) is 32.0 Å². The van der Waals surface area contributed by atoms with Crippen molar-refractivity contribution in [2.45, 2.75) is 20.4 Å². The number of nitrogens with zero attached hydrogens (tertiary/aromatic N) is 4. The molecular weight excluding hydrogens is 536 g/mol. The molecule has 0 atom stereocenters. The topological polar surface area (TPSA) is 137 Å². The molecule has 2 heterocycles. The second-order valence-corrected chi connectivity index (χ2v) is 10.0. The van der Waals surface area contributed by atoms with Crippen LogP contribution in [-0.2, 0) is 35.1 Å². The molecule has 0 saturated carbocycles. The minimum absolute atomic E-state index is 0.0321. The fourth-order valence-electron chi connectivity index (χ4n) is 3.70. The Bertz CT molecular complexity index is 1260. The minimum atomic E-state index is -0.504. The lowest BCUT2D eigenvalue weighted by Gasteiger charge is -2.34. The highest BCUT2D eigenvalue weighted by atomic mass is 32.2. The summed E-state index contributed by atoms with van der Waals surface area (Å²) in [4.78, 5) is 68.8. The smallest absolute Gasteiger partial charge is 0.409 e. The largest absolute Gasteiger partial charge is 0.465 e. The Morgan fingerprint density at radius 1 is 0.974 bits per heavy atom.